The molecule has 0 spiro atoms. The number of benzene rings is 2. The van der Waals surface area contributed by atoms with Crippen LogP contribution in [0.1, 0.15) is 26.3 Å². The van der Waals surface area contributed by atoms with E-state index in [1.54, 1.807) is 74.1 Å². The minimum Gasteiger partial charge on any atom is -0.497 e. The Balaban J connectivity index is 1.60. The topological polar surface area (TPSA) is 125 Å². The van der Waals surface area contributed by atoms with E-state index in [1.807, 2.05) is 0 Å². The molecule has 0 amide bonds. The van der Waals surface area contributed by atoms with E-state index in [9.17, 15) is 8.42 Å². The van der Waals surface area contributed by atoms with Gasteiger partial charge in [-0.2, -0.15) is 0 Å². The molecule has 2 aromatic carbocycles. The second kappa shape index (κ2) is 12.3. The lowest BCUT2D eigenvalue weighted by Crippen LogP contribution is -2.16. The summed E-state index contributed by atoms with van der Waals surface area (Å²) in [6.07, 6.45) is 4.46. The lowest BCUT2D eigenvalue weighted by molar-refractivity contribution is 0.315. The van der Waals surface area contributed by atoms with E-state index in [-0.39, 0.29) is 27.9 Å². The average Bonchev–Trinajstić information content (AvgIpc) is 2.93. The minimum absolute atomic E-state index is 0.00234. The number of methoxy groups -OCH3 is 1. The Morgan fingerprint density at radius 3 is 2.33 bits per heavy atom. The molecule has 2 aromatic heterocycles. The number of nitrogens with zero attached hydrogens (tertiary/aromatic N) is 4. The van der Waals surface area contributed by atoms with E-state index in [4.69, 9.17) is 14.2 Å². The van der Waals surface area contributed by atoms with Crippen molar-refractivity contribution in [2.45, 2.75) is 36.1 Å². The maximum atomic E-state index is 13.3. The number of hydrogen-bond donors (Lipinski definition) is 1. The van der Waals surface area contributed by atoms with Crippen LogP contribution in [0.4, 0.5) is 5.82 Å². The number of thioether (sulfide) groups is 1. The largest absolute Gasteiger partial charge is 0.497 e. The Labute approximate surface area is 232 Å². The summed E-state index contributed by atoms with van der Waals surface area (Å²) in [4.78, 5) is 16.7. The summed E-state index contributed by atoms with van der Waals surface area (Å²) < 4.78 is 46.2. The summed E-state index contributed by atoms with van der Waals surface area (Å²) in [6, 6.07) is 15.7. The first kappa shape index (κ1) is 28.1. The molecular formula is C27H29N5O5S2. The van der Waals surface area contributed by atoms with Gasteiger partial charge < -0.3 is 14.2 Å². The number of ether oxygens (including phenoxy) is 3. The van der Waals surface area contributed by atoms with Crippen LogP contribution in [0.5, 0.6) is 23.3 Å². The van der Waals surface area contributed by atoms with Gasteiger partial charge in [0.05, 0.1) is 12.0 Å². The molecule has 1 N–H and O–H groups in total. The molecule has 0 aliphatic carbocycles. The molecule has 0 radical (unpaired) electrons. The van der Waals surface area contributed by atoms with Crippen LogP contribution < -0.4 is 18.9 Å². The van der Waals surface area contributed by atoms with Gasteiger partial charge in [0.25, 0.3) is 10.0 Å². The molecule has 0 saturated carbocycles. The zero-order chi connectivity index (χ0) is 27.9. The van der Waals surface area contributed by atoms with Crippen LogP contribution in [-0.2, 0) is 15.4 Å². The number of sulfonamides is 1. The SMILES string of the molecule is COc1cccc(Oc2c(NS(=O)(=O)c3ccc(C(C)(C)C)cc3)ncnc2SCCOc2ncccn2)c1. The summed E-state index contributed by atoms with van der Waals surface area (Å²) in [6.45, 7) is 6.48. The summed E-state index contributed by atoms with van der Waals surface area (Å²) in [7, 11) is -2.43. The molecule has 0 aliphatic rings. The average molecular weight is 568 g/mol. The molecule has 12 heteroatoms. The van der Waals surface area contributed by atoms with Crippen LogP contribution in [-0.4, -0.2) is 47.8 Å². The van der Waals surface area contributed by atoms with E-state index < -0.39 is 10.0 Å². The van der Waals surface area contributed by atoms with Crippen LogP contribution in [0.3, 0.4) is 0 Å². The highest BCUT2D eigenvalue weighted by Crippen LogP contribution is 2.38. The van der Waals surface area contributed by atoms with Crippen LogP contribution in [0.2, 0.25) is 0 Å². The van der Waals surface area contributed by atoms with Crippen LogP contribution >= 0.6 is 11.8 Å². The van der Waals surface area contributed by atoms with Crippen molar-refractivity contribution in [3.63, 3.8) is 0 Å². The predicted octanol–water partition coefficient (Wildman–Crippen LogP) is 5.34. The number of rotatable bonds is 11. The molecule has 4 rings (SSSR count). The van der Waals surface area contributed by atoms with Gasteiger partial charge in [-0.25, -0.2) is 28.4 Å². The molecule has 4 aromatic rings. The summed E-state index contributed by atoms with van der Waals surface area (Å²) in [5, 5.41) is 0.422. The van der Waals surface area contributed by atoms with Crippen LogP contribution in [0, 0.1) is 0 Å². The standard InChI is InChI=1S/C27H29N5O5S2/c1-27(2,3)19-9-11-22(12-10-19)39(33,34)32-24-23(37-21-8-5-7-20(17-21)35-4)25(31-18-30-24)38-16-15-36-26-28-13-6-14-29-26/h5-14,17-18H,15-16H2,1-4H3,(H,30,31,32). The monoisotopic (exact) mass is 567 g/mol. The molecule has 0 saturated heterocycles. The van der Waals surface area contributed by atoms with Gasteiger partial charge in [-0.15, -0.1) is 0 Å². The molecular weight excluding hydrogens is 538 g/mol. The summed E-state index contributed by atoms with van der Waals surface area (Å²) in [5.41, 5.74) is 0.912. The van der Waals surface area contributed by atoms with Crippen molar-refractivity contribution in [3.05, 3.63) is 78.9 Å². The third-order valence-corrected chi connectivity index (χ3v) is 7.68. The second-order valence-electron chi connectivity index (χ2n) is 9.25. The van der Waals surface area contributed by atoms with Crippen molar-refractivity contribution in [3.8, 4) is 23.3 Å². The van der Waals surface area contributed by atoms with E-state index in [2.05, 4.69) is 45.4 Å². The number of anilines is 1. The minimum atomic E-state index is -3.98. The molecule has 0 fully saturated rings. The highest BCUT2D eigenvalue weighted by Gasteiger charge is 2.23. The van der Waals surface area contributed by atoms with Crippen molar-refractivity contribution in [1.29, 1.82) is 0 Å². The predicted molar refractivity (Wildman–Crippen MR) is 149 cm³/mol. The van der Waals surface area contributed by atoms with E-state index in [0.29, 0.717) is 28.9 Å². The Hall–Kier alpha value is -3.90. The van der Waals surface area contributed by atoms with Gasteiger partial charge in [-0.3, -0.25) is 4.72 Å². The second-order valence-corrected chi connectivity index (χ2v) is 12.0. The lowest BCUT2D eigenvalue weighted by atomic mass is 9.87. The van der Waals surface area contributed by atoms with E-state index in [0.717, 1.165) is 5.56 Å². The van der Waals surface area contributed by atoms with E-state index in [1.165, 1.54) is 18.1 Å². The zero-order valence-corrected chi connectivity index (χ0v) is 23.6. The van der Waals surface area contributed by atoms with Crippen molar-refractivity contribution in [2.75, 3.05) is 24.2 Å². The fourth-order valence-corrected chi connectivity index (χ4v) is 5.12. The molecule has 2 heterocycles. The van der Waals surface area contributed by atoms with Gasteiger partial charge in [-0.1, -0.05) is 50.7 Å². The first-order valence-corrected chi connectivity index (χ1v) is 14.5. The summed E-state index contributed by atoms with van der Waals surface area (Å²) >= 11 is 1.31. The molecule has 10 nitrogen and oxygen atoms in total. The third kappa shape index (κ3) is 7.58. The first-order chi connectivity index (χ1) is 18.7. The number of hydrogen-bond acceptors (Lipinski definition) is 10. The Morgan fingerprint density at radius 1 is 0.923 bits per heavy atom. The quantitative estimate of drug-likeness (QED) is 0.144. The number of aromatic nitrogens is 4. The highest BCUT2D eigenvalue weighted by atomic mass is 32.2. The fraction of sp³-hybridized carbons (Fsp3) is 0.259. The van der Waals surface area contributed by atoms with Gasteiger partial charge in [0.1, 0.15) is 29.5 Å². The first-order valence-electron chi connectivity index (χ1n) is 12.0. The summed E-state index contributed by atoms with van der Waals surface area (Å²) in [5.74, 6) is 1.62. The highest BCUT2D eigenvalue weighted by molar-refractivity contribution is 7.99. The zero-order valence-electron chi connectivity index (χ0n) is 22.0. The van der Waals surface area contributed by atoms with Crippen molar-refractivity contribution >= 4 is 27.6 Å². The molecule has 0 unspecified atom stereocenters. The third-order valence-electron chi connectivity index (χ3n) is 5.39. The van der Waals surface area contributed by atoms with E-state index >= 15 is 0 Å². The lowest BCUT2D eigenvalue weighted by Gasteiger charge is -2.19. The molecule has 0 atom stereocenters. The van der Waals surface area contributed by atoms with Gasteiger partial charge in [0, 0.05) is 24.2 Å². The molecule has 0 aliphatic heterocycles. The Morgan fingerprint density at radius 2 is 1.64 bits per heavy atom. The molecule has 204 valence electrons. The van der Waals surface area contributed by atoms with Crippen LogP contribution in [0.15, 0.2) is 83.2 Å². The smallest absolute Gasteiger partial charge is 0.316 e. The van der Waals surface area contributed by atoms with Gasteiger partial charge in [0.2, 0.25) is 5.75 Å². The Bertz CT molecular complexity index is 1500. The van der Waals surface area contributed by atoms with Crippen molar-refractivity contribution < 1.29 is 22.6 Å². The van der Waals surface area contributed by atoms with Gasteiger partial charge in [-0.05, 0) is 41.3 Å². The normalized spacial score (nSPS) is 11.6. The van der Waals surface area contributed by atoms with Crippen LogP contribution in [0.25, 0.3) is 0 Å². The van der Waals surface area contributed by atoms with Gasteiger partial charge in [0.15, 0.2) is 5.82 Å². The maximum absolute atomic E-state index is 13.3. The fourth-order valence-electron chi connectivity index (χ4n) is 3.36. The molecule has 0 bridgehead atoms. The maximum Gasteiger partial charge on any atom is 0.316 e. The van der Waals surface area contributed by atoms with Crippen molar-refractivity contribution in [2.24, 2.45) is 0 Å². The number of nitrogens with one attached hydrogen (secondary N) is 1. The Kier molecular flexibility index (Phi) is 8.87. The van der Waals surface area contributed by atoms with Gasteiger partial charge >= 0.3 is 6.01 Å². The molecule has 39 heavy (non-hydrogen) atoms. The van der Waals surface area contributed by atoms with Crippen molar-refractivity contribution in [1.82, 2.24) is 19.9 Å².